The molecule has 1 aromatic rings. The Bertz CT molecular complexity index is 418. The lowest BCUT2D eigenvalue weighted by molar-refractivity contribution is -0.0982. The van der Waals surface area contributed by atoms with Gasteiger partial charge in [0.15, 0.2) is 0 Å². The molecule has 1 fully saturated rings. The van der Waals surface area contributed by atoms with Crippen molar-refractivity contribution < 1.29 is 9.13 Å². The topological polar surface area (TPSA) is 47.3 Å². The van der Waals surface area contributed by atoms with Crippen molar-refractivity contribution in [2.75, 3.05) is 7.11 Å². The molecule has 0 spiro atoms. The van der Waals surface area contributed by atoms with Crippen molar-refractivity contribution in [3.8, 4) is 0 Å². The molecule has 1 aromatic carbocycles. The van der Waals surface area contributed by atoms with Crippen molar-refractivity contribution in [3.05, 3.63) is 34.1 Å². The number of ether oxygens (including phenoxy) is 1. The van der Waals surface area contributed by atoms with Crippen molar-refractivity contribution in [1.29, 1.82) is 0 Å². The van der Waals surface area contributed by atoms with Gasteiger partial charge in [-0.1, -0.05) is 6.07 Å². The molecule has 1 saturated carbocycles. The van der Waals surface area contributed by atoms with E-state index in [4.69, 9.17) is 10.6 Å². The summed E-state index contributed by atoms with van der Waals surface area (Å²) in [6.45, 7) is 0. The first kappa shape index (κ1) is 13.9. The molecule has 5 heteroatoms. The van der Waals surface area contributed by atoms with Gasteiger partial charge in [0.1, 0.15) is 5.82 Å². The molecule has 1 atom stereocenters. The maximum Gasteiger partial charge on any atom is 0.137 e. The third kappa shape index (κ3) is 2.59. The van der Waals surface area contributed by atoms with E-state index < -0.39 is 0 Å². The second kappa shape index (κ2) is 5.65. The molecule has 0 saturated heterocycles. The summed E-state index contributed by atoms with van der Waals surface area (Å²) < 4.78 is 19.3. The van der Waals surface area contributed by atoms with E-state index in [-0.39, 0.29) is 17.5 Å². The van der Waals surface area contributed by atoms with Crippen LogP contribution >= 0.6 is 15.9 Å². The van der Waals surface area contributed by atoms with Crippen LogP contribution in [0.4, 0.5) is 4.39 Å². The SMILES string of the molecule is COC1(C(Cc2ccc(F)c(Br)c2)NN)CCC1. The lowest BCUT2D eigenvalue weighted by Crippen LogP contribution is -2.59. The molecular formula is C13H18BrFN2O. The minimum absolute atomic E-state index is 0.0496. The number of hydrogen-bond acceptors (Lipinski definition) is 3. The molecule has 0 radical (unpaired) electrons. The summed E-state index contributed by atoms with van der Waals surface area (Å²) in [5.41, 5.74) is 3.71. The predicted octanol–water partition coefficient (Wildman–Crippen LogP) is 2.53. The third-order valence-corrected chi connectivity index (χ3v) is 4.47. The van der Waals surface area contributed by atoms with Crippen molar-refractivity contribution in [2.24, 2.45) is 5.84 Å². The van der Waals surface area contributed by atoms with E-state index in [1.807, 2.05) is 0 Å². The van der Waals surface area contributed by atoms with E-state index in [1.165, 1.54) is 12.5 Å². The van der Waals surface area contributed by atoms with Crippen LogP contribution in [0.15, 0.2) is 22.7 Å². The highest BCUT2D eigenvalue weighted by atomic mass is 79.9. The Morgan fingerprint density at radius 3 is 2.72 bits per heavy atom. The molecule has 1 aliphatic rings. The van der Waals surface area contributed by atoms with Crippen LogP contribution in [-0.4, -0.2) is 18.8 Å². The summed E-state index contributed by atoms with van der Waals surface area (Å²) in [6.07, 6.45) is 3.92. The fourth-order valence-electron chi connectivity index (χ4n) is 2.52. The first-order valence-corrected chi connectivity index (χ1v) is 6.86. The van der Waals surface area contributed by atoms with Crippen LogP contribution in [0.1, 0.15) is 24.8 Å². The second-order valence-electron chi connectivity index (χ2n) is 4.79. The Balaban J connectivity index is 2.12. The highest BCUT2D eigenvalue weighted by molar-refractivity contribution is 9.10. The average Bonchev–Trinajstić information content (AvgIpc) is 2.31. The number of hydrogen-bond donors (Lipinski definition) is 2. The molecule has 0 bridgehead atoms. The van der Waals surface area contributed by atoms with Crippen LogP contribution < -0.4 is 11.3 Å². The van der Waals surface area contributed by atoms with Gasteiger partial charge in [-0.05, 0) is 59.3 Å². The molecule has 0 heterocycles. The maximum absolute atomic E-state index is 13.2. The monoisotopic (exact) mass is 316 g/mol. The standard InChI is InChI=1S/C13H18BrFN2O/c1-18-13(5-2-6-13)12(17-16)8-9-3-4-11(15)10(14)7-9/h3-4,7,12,17H,2,5-6,8,16H2,1H3. The van der Waals surface area contributed by atoms with Gasteiger partial charge in [-0.25, -0.2) is 4.39 Å². The second-order valence-corrected chi connectivity index (χ2v) is 5.65. The van der Waals surface area contributed by atoms with Gasteiger partial charge >= 0.3 is 0 Å². The van der Waals surface area contributed by atoms with Crippen molar-refractivity contribution in [3.63, 3.8) is 0 Å². The number of nitrogens with two attached hydrogens (primary N) is 1. The average molecular weight is 317 g/mol. The van der Waals surface area contributed by atoms with Gasteiger partial charge in [-0.15, -0.1) is 0 Å². The third-order valence-electron chi connectivity index (χ3n) is 3.87. The molecule has 2 rings (SSSR count). The number of halogens is 2. The molecular weight excluding hydrogens is 299 g/mol. The number of benzene rings is 1. The minimum Gasteiger partial charge on any atom is -0.377 e. The molecule has 3 N–H and O–H groups in total. The summed E-state index contributed by atoms with van der Waals surface area (Å²) in [5.74, 6) is 5.39. The van der Waals surface area contributed by atoms with Gasteiger partial charge in [-0.3, -0.25) is 11.3 Å². The van der Waals surface area contributed by atoms with Gasteiger partial charge in [-0.2, -0.15) is 0 Å². The fourth-order valence-corrected chi connectivity index (χ4v) is 2.95. The predicted molar refractivity (Wildman–Crippen MR) is 72.5 cm³/mol. The lowest BCUT2D eigenvalue weighted by atomic mass is 9.73. The van der Waals surface area contributed by atoms with Crippen molar-refractivity contribution in [2.45, 2.75) is 37.3 Å². The highest BCUT2D eigenvalue weighted by Crippen LogP contribution is 2.39. The van der Waals surface area contributed by atoms with Gasteiger partial charge in [0.05, 0.1) is 16.1 Å². The maximum atomic E-state index is 13.2. The van der Waals surface area contributed by atoms with Crippen LogP contribution in [0.3, 0.4) is 0 Å². The molecule has 18 heavy (non-hydrogen) atoms. The summed E-state index contributed by atoms with van der Waals surface area (Å²) in [4.78, 5) is 0. The smallest absolute Gasteiger partial charge is 0.137 e. The summed E-state index contributed by atoms with van der Waals surface area (Å²) >= 11 is 3.20. The van der Waals surface area contributed by atoms with Gasteiger partial charge in [0.25, 0.3) is 0 Å². The van der Waals surface area contributed by atoms with E-state index in [0.29, 0.717) is 4.47 Å². The zero-order valence-corrected chi connectivity index (χ0v) is 12.0. The van der Waals surface area contributed by atoms with Gasteiger partial charge in [0, 0.05) is 7.11 Å². The summed E-state index contributed by atoms with van der Waals surface area (Å²) in [5, 5.41) is 0. The fraction of sp³-hybridized carbons (Fsp3) is 0.538. The molecule has 1 unspecified atom stereocenters. The van der Waals surface area contributed by atoms with Crippen LogP contribution in [0.5, 0.6) is 0 Å². The molecule has 0 amide bonds. The van der Waals surface area contributed by atoms with Crippen LogP contribution in [0.25, 0.3) is 0 Å². The Morgan fingerprint density at radius 1 is 1.56 bits per heavy atom. The minimum atomic E-state index is -0.249. The number of hydrazine groups is 1. The molecule has 1 aliphatic carbocycles. The number of rotatable bonds is 5. The van der Waals surface area contributed by atoms with Crippen molar-refractivity contribution >= 4 is 15.9 Å². The lowest BCUT2D eigenvalue weighted by Gasteiger charge is -2.46. The summed E-state index contributed by atoms with van der Waals surface area (Å²) in [6, 6.07) is 5.09. The molecule has 100 valence electrons. The van der Waals surface area contributed by atoms with Crippen molar-refractivity contribution in [1.82, 2.24) is 5.43 Å². The normalized spacial score (nSPS) is 19.3. The largest absolute Gasteiger partial charge is 0.377 e. The molecule has 0 aromatic heterocycles. The van der Waals surface area contributed by atoms with E-state index in [1.54, 1.807) is 19.2 Å². The Hall–Kier alpha value is -0.490. The van der Waals surface area contributed by atoms with E-state index >= 15 is 0 Å². The highest BCUT2D eigenvalue weighted by Gasteiger charge is 2.43. The number of nitrogens with one attached hydrogen (secondary N) is 1. The zero-order chi connectivity index (χ0) is 13.2. The Labute approximate surface area is 115 Å². The van der Waals surface area contributed by atoms with E-state index in [2.05, 4.69) is 21.4 Å². The van der Waals surface area contributed by atoms with E-state index in [9.17, 15) is 4.39 Å². The van der Waals surface area contributed by atoms with Crippen LogP contribution in [0.2, 0.25) is 0 Å². The molecule has 0 aliphatic heterocycles. The quantitative estimate of drug-likeness (QED) is 0.648. The van der Waals surface area contributed by atoms with E-state index in [0.717, 1.165) is 24.8 Å². The zero-order valence-electron chi connectivity index (χ0n) is 10.4. The Morgan fingerprint density at radius 2 is 2.28 bits per heavy atom. The first-order chi connectivity index (χ1) is 8.61. The van der Waals surface area contributed by atoms with Gasteiger partial charge < -0.3 is 4.74 Å². The Kier molecular flexibility index (Phi) is 4.37. The van der Waals surface area contributed by atoms with Crippen LogP contribution in [0, 0.1) is 5.82 Å². The first-order valence-electron chi connectivity index (χ1n) is 6.06. The summed E-state index contributed by atoms with van der Waals surface area (Å²) in [7, 11) is 1.73. The number of methoxy groups -OCH3 is 1. The molecule has 3 nitrogen and oxygen atoms in total. The van der Waals surface area contributed by atoms with Gasteiger partial charge in [0.2, 0.25) is 0 Å². The van der Waals surface area contributed by atoms with Crippen LogP contribution in [-0.2, 0) is 11.2 Å².